The van der Waals surface area contributed by atoms with Gasteiger partial charge in [0.1, 0.15) is 36.3 Å². The summed E-state index contributed by atoms with van der Waals surface area (Å²) >= 11 is 0. The number of aliphatic hydroxyl groups excluding tert-OH is 1. The second-order valence-corrected chi connectivity index (χ2v) is 13.6. The average molecular weight is 848 g/mol. The molecule has 0 radical (unpaired) electrons. The zero-order chi connectivity index (χ0) is 45.6. The van der Waals surface area contributed by atoms with Crippen molar-refractivity contribution in [3.8, 4) is 0 Å². The molecule has 0 aliphatic rings. The fraction of sp³-hybridized carbons (Fsp3) is 0.636. The Morgan fingerprint density at radius 1 is 0.458 bits per heavy atom. The predicted octanol–water partition coefficient (Wildman–Crippen LogP) is -5.92. The Hall–Kier alpha value is -6.44. The first kappa shape index (κ1) is 52.6. The molecule has 0 aromatic rings. The smallest absolute Gasteiger partial charge is 0.326 e. The van der Waals surface area contributed by atoms with Gasteiger partial charge in [0.2, 0.25) is 47.3 Å². The number of amides is 8. The molecule has 26 nitrogen and oxygen atoms in total. The van der Waals surface area contributed by atoms with Crippen LogP contribution in [0.3, 0.4) is 0 Å². The Morgan fingerprint density at radius 2 is 0.814 bits per heavy atom. The SMILES string of the molecule is CC(C)CC(NC(=O)C(CC(=O)O)NC(=O)C(CO)NC(=O)C(N)CCC(N)=O)C(=O)NC(CCC(=O)O)C(=O)NC(CCC(N)=O)C(=O)NC(CCC(=O)O)C(=O)O. The number of carbonyl (C=O) groups is 12. The van der Waals surface area contributed by atoms with Gasteiger partial charge in [0.25, 0.3) is 0 Å². The number of hydrogen-bond acceptors (Lipinski definition) is 14. The summed E-state index contributed by atoms with van der Waals surface area (Å²) in [6.07, 6.45) is -5.49. The van der Waals surface area contributed by atoms with Crippen LogP contribution < -0.4 is 49.1 Å². The van der Waals surface area contributed by atoms with E-state index in [0.29, 0.717) is 0 Å². The zero-order valence-electron chi connectivity index (χ0n) is 32.3. The van der Waals surface area contributed by atoms with Gasteiger partial charge in [-0.3, -0.25) is 52.7 Å². The molecule has 7 unspecified atom stereocenters. The third-order valence-corrected chi connectivity index (χ3v) is 8.06. The molecule has 0 saturated heterocycles. The molecule has 0 heterocycles. The number of carboxylic acids is 4. The maximum atomic E-state index is 13.6. The fourth-order valence-corrected chi connectivity index (χ4v) is 4.97. The van der Waals surface area contributed by atoms with Gasteiger partial charge in [0.15, 0.2) is 0 Å². The molecule has 0 aliphatic carbocycles. The highest BCUT2D eigenvalue weighted by Gasteiger charge is 2.35. The second-order valence-electron chi connectivity index (χ2n) is 13.6. The molecule has 0 bridgehead atoms. The van der Waals surface area contributed by atoms with E-state index in [0.717, 1.165) is 0 Å². The number of primary amides is 2. The van der Waals surface area contributed by atoms with Gasteiger partial charge in [-0.15, -0.1) is 0 Å². The third kappa shape index (κ3) is 22.2. The molecule has 0 aromatic heterocycles. The highest BCUT2D eigenvalue weighted by Crippen LogP contribution is 2.10. The molecule has 8 amide bonds. The number of nitrogens with two attached hydrogens (primary N) is 3. The third-order valence-electron chi connectivity index (χ3n) is 8.06. The number of carbonyl (C=O) groups excluding carboxylic acids is 8. The van der Waals surface area contributed by atoms with Gasteiger partial charge in [-0.2, -0.15) is 0 Å². The van der Waals surface area contributed by atoms with E-state index >= 15 is 0 Å². The van der Waals surface area contributed by atoms with Gasteiger partial charge < -0.3 is 74.6 Å². The maximum absolute atomic E-state index is 13.6. The first-order valence-corrected chi connectivity index (χ1v) is 18.0. The lowest BCUT2D eigenvalue weighted by Gasteiger charge is -2.27. The zero-order valence-corrected chi connectivity index (χ0v) is 32.3. The topological polar surface area (TPSA) is 456 Å². The van der Waals surface area contributed by atoms with Crippen molar-refractivity contribution in [3.63, 3.8) is 0 Å². The highest BCUT2D eigenvalue weighted by molar-refractivity contribution is 5.98. The van der Waals surface area contributed by atoms with Crippen LogP contribution in [-0.4, -0.2) is 146 Å². The average Bonchev–Trinajstić information content (AvgIpc) is 3.12. The summed E-state index contributed by atoms with van der Waals surface area (Å²) in [7, 11) is 0. The first-order chi connectivity index (χ1) is 27.4. The van der Waals surface area contributed by atoms with E-state index in [2.05, 4.69) is 21.3 Å². The van der Waals surface area contributed by atoms with Gasteiger partial charge >= 0.3 is 23.9 Å². The van der Waals surface area contributed by atoms with Gasteiger partial charge in [-0.25, -0.2) is 4.79 Å². The van der Waals surface area contributed by atoms with Crippen LogP contribution in [0.4, 0.5) is 0 Å². The minimum Gasteiger partial charge on any atom is -0.481 e. The quantitative estimate of drug-likeness (QED) is 0.0320. The molecule has 332 valence electrons. The van der Waals surface area contributed by atoms with E-state index in [1.807, 2.05) is 10.6 Å². The van der Waals surface area contributed by atoms with Crippen molar-refractivity contribution in [2.75, 3.05) is 6.61 Å². The molecule has 0 spiro atoms. The molecular formula is C33H53N9O17. The van der Waals surface area contributed by atoms with Crippen LogP contribution in [-0.2, 0) is 57.5 Å². The molecule has 0 fully saturated rings. The molecule has 0 saturated carbocycles. The number of carboxylic acid groups (broad SMARTS) is 4. The van der Waals surface area contributed by atoms with Gasteiger partial charge in [0.05, 0.1) is 19.1 Å². The van der Waals surface area contributed by atoms with Crippen LogP contribution in [0.15, 0.2) is 0 Å². The molecule has 0 aliphatic heterocycles. The number of aliphatic carboxylic acids is 4. The lowest BCUT2D eigenvalue weighted by atomic mass is 10.0. The summed E-state index contributed by atoms with van der Waals surface area (Å²) in [4.78, 5) is 147. The Bertz CT molecular complexity index is 1570. The molecule has 0 rings (SSSR count). The van der Waals surface area contributed by atoms with Crippen LogP contribution in [0, 0.1) is 5.92 Å². The minimum atomic E-state index is -1.95. The van der Waals surface area contributed by atoms with Crippen molar-refractivity contribution in [2.24, 2.45) is 23.1 Å². The van der Waals surface area contributed by atoms with E-state index in [9.17, 15) is 78.0 Å². The summed E-state index contributed by atoms with van der Waals surface area (Å²) < 4.78 is 0. The lowest BCUT2D eigenvalue weighted by Crippen LogP contribution is -2.60. The second kappa shape index (κ2) is 26.5. The van der Waals surface area contributed by atoms with Gasteiger partial charge in [-0.1, -0.05) is 13.8 Å². The minimum absolute atomic E-state index is 0.201. The maximum Gasteiger partial charge on any atom is 0.326 e. The van der Waals surface area contributed by atoms with Crippen LogP contribution in [0.5, 0.6) is 0 Å². The Labute approximate surface area is 336 Å². The fourth-order valence-electron chi connectivity index (χ4n) is 4.97. The van der Waals surface area contributed by atoms with E-state index in [4.69, 9.17) is 22.3 Å². The molecule has 26 heteroatoms. The molecule has 7 atom stereocenters. The molecule has 59 heavy (non-hydrogen) atoms. The van der Waals surface area contributed by atoms with E-state index in [1.54, 1.807) is 13.8 Å². The highest BCUT2D eigenvalue weighted by atomic mass is 16.4. The summed E-state index contributed by atoms with van der Waals surface area (Å²) in [5.74, 6) is -15.3. The largest absolute Gasteiger partial charge is 0.481 e. The number of rotatable bonds is 30. The van der Waals surface area contributed by atoms with Gasteiger partial charge in [-0.05, 0) is 38.0 Å². The lowest BCUT2D eigenvalue weighted by molar-refractivity contribution is -0.144. The Kier molecular flexibility index (Phi) is 23.6. The van der Waals surface area contributed by atoms with Gasteiger partial charge in [0, 0.05) is 25.7 Å². The molecule has 0 aromatic carbocycles. The van der Waals surface area contributed by atoms with Crippen molar-refractivity contribution in [1.82, 2.24) is 31.9 Å². The van der Waals surface area contributed by atoms with Crippen LogP contribution >= 0.6 is 0 Å². The van der Waals surface area contributed by atoms with E-state index in [-0.39, 0.29) is 19.3 Å². The normalized spacial score (nSPS) is 14.4. The standard InChI is InChI=1S/C33H53N9O17/c1-14(2)11-19(40-31(56)20(12-26(50)51)41-32(57)21(13-43)42-27(52)15(34)3-7-22(35)44)30(55)38-17(5-9-24(46)47)28(53)37-16(4-8-23(36)45)29(54)39-18(33(58)59)6-10-25(48)49/h14-21,43H,3-13,34H2,1-2H3,(H2,35,44)(H2,36,45)(H,37,53)(H,38,55)(H,39,54)(H,40,56)(H,41,57)(H,42,52)(H,46,47)(H,48,49)(H,50,51)(H,58,59). The van der Waals surface area contributed by atoms with E-state index < -0.39 is 171 Å². The van der Waals surface area contributed by atoms with Crippen molar-refractivity contribution >= 4 is 71.1 Å². The van der Waals surface area contributed by atoms with Crippen molar-refractivity contribution < 1.29 is 83.1 Å². The monoisotopic (exact) mass is 847 g/mol. The molecule has 17 N–H and O–H groups in total. The summed E-state index contributed by atoms with van der Waals surface area (Å²) in [5.41, 5.74) is 15.9. The predicted molar refractivity (Wildman–Crippen MR) is 197 cm³/mol. The summed E-state index contributed by atoms with van der Waals surface area (Å²) in [6.45, 7) is 2.14. The summed E-state index contributed by atoms with van der Waals surface area (Å²) in [6, 6.07) is -11.9. The van der Waals surface area contributed by atoms with Crippen LogP contribution in [0.2, 0.25) is 0 Å². The molecular weight excluding hydrogens is 794 g/mol. The van der Waals surface area contributed by atoms with Crippen LogP contribution in [0.1, 0.15) is 78.1 Å². The summed E-state index contributed by atoms with van der Waals surface area (Å²) in [5, 5.41) is 59.7. The number of hydrogen-bond donors (Lipinski definition) is 14. The van der Waals surface area contributed by atoms with Crippen molar-refractivity contribution in [3.05, 3.63) is 0 Å². The van der Waals surface area contributed by atoms with E-state index in [1.165, 1.54) is 0 Å². The number of nitrogens with one attached hydrogen (secondary N) is 6. The number of aliphatic hydroxyl groups is 1. The van der Waals surface area contributed by atoms with Crippen molar-refractivity contribution in [2.45, 2.75) is 120 Å². The van der Waals surface area contributed by atoms with Crippen LogP contribution in [0.25, 0.3) is 0 Å². The Balaban J connectivity index is 6.36. The van der Waals surface area contributed by atoms with Crippen molar-refractivity contribution in [1.29, 1.82) is 0 Å². The first-order valence-electron chi connectivity index (χ1n) is 18.0. The Morgan fingerprint density at radius 3 is 1.24 bits per heavy atom.